The third-order valence-corrected chi connectivity index (χ3v) is 8.07. The first-order chi connectivity index (χ1) is 17.0. The third-order valence-electron chi connectivity index (χ3n) is 7.03. The first-order valence-electron chi connectivity index (χ1n) is 11.7. The molecule has 0 radical (unpaired) electrons. The highest BCUT2D eigenvalue weighted by atomic mass is 32.1. The van der Waals surface area contributed by atoms with Gasteiger partial charge in [0.05, 0.1) is 5.69 Å². The van der Waals surface area contributed by atoms with Gasteiger partial charge in [-0.25, -0.2) is 9.37 Å². The predicted molar refractivity (Wildman–Crippen MR) is 130 cm³/mol. The Morgan fingerprint density at radius 2 is 1.94 bits per heavy atom. The molecule has 0 aliphatic carbocycles. The fraction of sp³-hybridized carbons (Fsp3) is 0.360. The lowest BCUT2D eigenvalue weighted by atomic mass is 10.0. The van der Waals surface area contributed by atoms with Crippen molar-refractivity contribution in [2.24, 2.45) is 0 Å². The Kier molecular flexibility index (Phi) is 5.49. The van der Waals surface area contributed by atoms with Crippen LogP contribution in [0.2, 0.25) is 0 Å². The maximum Gasteiger partial charge on any atom is 0.255 e. The highest BCUT2D eigenvalue weighted by Crippen LogP contribution is 2.33. The number of aromatic nitrogens is 1. The van der Waals surface area contributed by atoms with Gasteiger partial charge < -0.3 is 9.80 Å². The number of benzene rings is 1. The third kappa shape index (κ3) is 4.06. The lowest BCUT2D eigenvalue weighted by Crippen LogP contribution is -2.52. The summed E-state index contributed by atoms with van der Waals surface area (Å²) in [5, 5.41) is 3.45. The van der Waals surface area contributed by atoms with Crippen LogP contribution in [0.4, 0.5) is 10.1 Å². The number of piperidine rings is 1. The second kappa shape index (κ2) is 8.69. The summed E-state index contributed by atoms with van der Waals surface area (Å²) in [7, 11) is 0. The van der Waals surface area contributed by atoms with Gasteiger partial charge in [-0.3, -0.25) is 24.6 Å². The standard InChI is InChI=1S/C25H24FN5O3S/c26-19-12-18-16(13-31(25(18)34)20-3-4-22(32)28-23(20)33)11-21(19)30-8-6-29(7-9-30)14-17-10-15-2-1-5-27-24(15)35-17/h1-2,5,10-12,20H,3-4,6-9,13-14H2,(H,28,32,33). The Bertz CT molecular complexity index is 1320. The molecule has 1 aromatic carbocycles. The number of amides is 3. The predicted octanol–water partition coefficient (Wildman–Crippen LogP) is 2.52. The largest absolute Gasteiger partial charge is 0.367 e. The topological polar surface area (TPSA) is 85.9 Å². The average molecular weight is 494 g/mol. The summed E-state index contributed by atoms with van der Waals surface area (Å²) in [5.41, 5.74) is 1.51. The Balaban J connectivity index is 1.13. The number of hydrogen-bond acceptors (Lipinski definition) is 7. The number of fused-ring (bicyclic) bond motifs is 2. The number of imide groups is 1. The van der Waals surface area contributed by atoms with Crippen LogP contribution in [0.1, 0.15) is 33.6 Å². The minimum Gasteiger partial charge on any atom is -0.367 e. The molecule has 3 aromatic rings. The molecule has 2 saturated heterocycles. The average Bonchev–Trinajstić information content (AvgIpc) is 3.39. The Labute approximate surface area is 205 Å². The number of thiophene rings is 1. The zero-order chi connectivity index (χ0) is 24.1. The maximum atomic E-state index is 15.1. The van der Waals surface area contributed by atoms with Gasteiger partial charge in [-0.1, -0.05) is 6.07 Å². The Morgan fingerprint density at radius 1 is 1.11 bits per heavy atom. The van der Waals surface area contributed by atoms with E-state index < -0.39 is 17.8 Å². The van der Waals surface area contributed by atoms with Crippen molar-refractivity contribution >= 4 is 45.0 Å². The monoisotopic (exact) mass is 493 g/mol. The molecule has 2 fully saturated rings. The van der Waals surface area contributed by atoms with Crippen molar-refractivity contribution < 1.29 is 18.8 Å². The molecule has 2 aromatic heterocycles. The summed E-state index contributed by atoms with van der Waals surface area (Å²) in [6.45, 7) is 4.07. The van der Waals surface area contributed by atoms with Gasteiger partial charge in [0.1, 0.15) is 16.7 Å². The molecule has 8 nitrogen and oxygen atoms in total. The van der Waals surface area contributed by atoms with Gasteiger partial charge in [-0.05, 0) is 36.2 Å². The van der Waals surface area contributed by atoms with E-state index in [-0.39, 0.29) is 31.2 Å². The van der Waals surface area contributed by atoms with Gasteiger partial charge in [-0.2, -0.15) is 0 Å². The number of hydrogen-bond donors (Lipinski definition) is 1. The molecule has 0 bridgehead atoms. The number of carbonyl (C=O) groups is 3. The van der Waals surface area contributed by atoms with E-state index in [9.17, 15) is 14.4 Å². The van der Waals surface area contributed by atoms with Crippen LogP contribution in [-0.2, 0) is 22.7 Å². The van der Waals surface area contributed by atoms with Crippen molar-refractivity contribution in [2.45, 2.75) is 32.0 Å². The number of rotatable bonds is 4. The smallest absolute Gasteiger partial charge is 0.255 e. The molecular formula is C25H24FN5O3S. The normalized spacial score (nSPS) is 21.1. The second-order valence-corrected chi connectivity index (χ2v) is 10.3. The molecule has 6 rings (SSSR count). The molecule has 0 spiro atoms. The molecular weight excluding hydrogens is 469 g/mol. The molecule has 1 atom stereocenters. The van der Waals surface area contributed by atoms with E-state index in [1.165, 1.54) is 15.8 Å². The van der Waals surface area contributed by atoms with E-state index in [1.54, 1.807) is 17.4 Å². The first-order valence-corrected chi connectivity index (χ1v) is 12.6. The summed E-state index contributed by atoms with van der Waals surface area (Å²) in [5.74, 6) is -1.57. The molecule has 3 amide bonds. The van der Waals surface area contributed by atoms with Crippen molar-refractivity contribution in [3.8, 4) is 0 Å². The SMILES string of the molecule is O=C1CCC(N2Cc3cc(N4CCN(Cc5cc6cccnc6s5)CC4)c(F)cc3C2=O)C(=O)N1. The summed E-state index contributed by atoms with van der Waals surface area (Å²) < 4.78 is 15.1. The Hall–Kier alpha value is -3.37. The number of carbonyl (C=O) groups excluding carboxylic acids is 3. The number of nitrogens with zero attached hydrogens (tertiary/aromatic N) is 4. The summed E-state index contributed by atoms with van der Waals surface area (Å²) in [6, 6.07) is 8.55. The van der Waals surface area contributed by atoms with Gasteiger partial charge in [-0.15, -0.1) is 11.3 Å². The molecule has 0 saturated carbocycles. The number of halogens is 1. The van der Waals surface area contributed by atoms with Crippen LogP contribution in [-0.4, -0.2) is 64.7 Å². The van der Waals surface area contributed by atoms with E-state index in [0.29, 0.717) is 24.3 Å². The van der Waals surface area contributed by atoms with E-state index in [4.69, 9.17) is 0 Å². The lowest BCUT2D eigenvalue weighted by molar-refractivity contribution is -0.136. The van der Waals surface area contributed by atoms with Crippen LogP contribution in [0, 0.1) is 5.82 Å². The van der Waals surface area contributed by atoms with Crippen LogP contribution < -0.4 is 10.2 Å². The van der Waals surface area contributed by atoms with E-state index in [2.05, 4.69) is 27.3 Å². The molecule has 3 aliphatic rings. The van der Waals surface area contributed by atoms with Crippen LogP contribution in [0.25, 0.3) is 10.2 Å². The van der Waals surface area contributed by atoms with Crippen LogP contribution in [0.15, 0.2) is 36.5 Å². The highest BCUT2D eigenvalue weighted by molar-refractivity contribution is 7.18. The minimum atomic E-state index is -0.702. The minimum absolute atomic E-state index is 0.193. The van der Waals surface area contributed by atoms with Gasteiger partial charge in [0.15, 0.2) is 0 Å². The molecule has 5 heterocycles. The van der Waals surface area contributed by atoms with Crippen LogP contribution >= 0.6 is 11.3 Å². The summed E-state index contributed by atoms with van der Waals surface area (Å²) >= 11 is 1.71. The fourth-order valence-electron chi connectivity index (χ4n) is 5.19. The van der Waals surface area contributed by atoms with Crippen molar-refractivity contribution in [2.75, 3.05) is 31.1 Å². The number of anilines is 1. The van der Waals surface area contributed by atoms with Crippen molar-refractivity contribution in [1.82, 2.24) is 20.1 Å². The van der Waals surface area contributed by atoms with Crippen molar-refractivity contribution in [3.05, 3.63) is 58.3 Å². The summed E-state index contributed by atoms with van der Waals surface area (Å²) in [6.07, 6.45) is 2.29. The molecule has 35 heavy (non-hydrogen) atoms. The maximum absolute atomic E-state index is 15.1. The molecule has 10 heteroatoms. The van der Waals surface area contributed by atoms with Gasteiger partial charge in [0.25, 0.3) is 5.91 Å². The summed E-state index contributed by atoms with van der Waals surface area (Å²) in [4.78, 5) is 49.2. The zero-order valence-electron chi connectivity index (χ0n) is 19.0. The van der Waals surface area contributed by atoms with Gasteiger partial charge in [0.2, 0.25) is 11.8 Å². The van der Waals surface area contributed by atoms with E-state index in [1.807, 2.05) is 17.2 Å². The van der Waals surface area contributed by atoms with E-state index >= 15 is 4.39 Å². The zero-order valence-corrected chi connectivity index (χ0v) is 19.8. The lowest BCUT2D eigenvalue weighted by Gasteiger charge is -2.36. The Morgan fingerprint density at radius 3 is 2.71 bits per heavy atom. The molecule has 180 valence electrons. The van der Waals surface area contributed by atoms with Crippen molar-refractivity contribution in [3.63, 3.8) is 0 Å². The quantitative estimate of drug-likeness (QED) is 0.563. The number of pyridine rings is 1. The highest BCUT2D eigenvalue weighted by Gasteiger charge is 2.40. The molecule has 1 N–H and O–H groups in total. The fourth-order valence-corrected chi connectivity index (χ4v) is 6.23. The number of nitrogens with one attached hydrogen (secondary N) is 1. The first kappa shape index (κ1) is 22.1. The van der Waals surface area contributed by atoms with Gasteiger partial charge in [0, 0.05) is 67.7 Å². The molecule has 3 aliphatic heterocycles. The second-order valence-electron chi connectivity index (χ2n) is 9.23. The van der Waals surface area contributed by atoms with Gasteiger partial charge >= 0.3 is 0 Å². The van der Waals surface area contributed by atoms with Crippen molar-refractivity contribution in [1.29, 1.82) is 0 Å². The van der Waals surface area contributed by atoms with Crippen LogP contribution in [0.3, 0.4) is 0 Å². The van der Waals surface area contributed by atoms with E-state index in [0.717, 1.165) is 35.4 Å². The number of piperazine rings is 1. The van der Waals surface area contributed by atoms with Crippen LogP contribution in [0.5, 0.6) is 0 Å². The molecule has 1 unspecified atom stereocenters.